The SMILES string of the molecule is NC(=O)c1cc2c(nc1N1CCC[C@@](O)(CO)C1)CCC2. The van der Waals surface area contributed by atoms with Gasteiger partial charge in [0.2, 0.25) is 0 Å². The second kappa shape index (κ2) is 5.27. The number of β-amino-alcohol motifs (C(OH)–C–C–N with tert-alkyl or cyclic N) is 1. The lowest BCUT2D eigenvalue weighted by atomic mass is 9.93. The molecule has 1 aromatic heterocycles. The molecule has 2 heterocycles. The first kappa shape index (κ1) is 14.3. The molecule has 0 spiro atoms. The highest BCUT2D eigenvalue weighted by Crippen LogP contribution is 2.31. The van der Waals surface area contributed by atoms with Crippen LogP contribution < -0.4 is 10.6 Å². The number of hydrogen-bond acceptors (Lipinski definition) is 5. The molecule has 1 aliphatic heterocycles. The Morgan fingerprint density at radius 3 is 2.95 bits per heavy atom. The Hall–Kier alpha value is -1.66. The molecule has 1 amide bonds. The van der Waals surface area contributed by atoms with Crippen LogP contribution in [0.5, 0.6) is 0 Å². The molecule has 6 nitrogen and oxygen atoms in total. The first-order valence-corrected chi connectivity index (χ1v) is 7.43. The van der Waals surface area contributed by atoms with Crippen molar-refractivity contribution in [1.29, 1.82) is 0 Å². The van der Waals surface area contributed by atoms with Crippen molar-refractivity contribution in [1.82, 2.24) is 4.98 Å². The number of carbonyl (C=O) groups excluding carboxylic acids is 1. The second-order valence-corrected chi connectivity index (χ2v) is 6.09. The summed E-state index contributed by atoms with van der Waals surface area (Å²) >= 11 is 0. The quantitative estimate of drug-likeness (QED) is 0.727. The van der Waals surface area contributed by atoms with Gasteiger partial charge in [-0.1, -0.05) is 0 Å². The minimum absolute atomic E-state index is 0.273. The maximum Gasteiger partial charge on any atom is 0.252 e. The lowest BCUT2D eigenvalue weighted by molar-refractivity contribution is -0.0242. The van der Waals surface area contributed by atoms with Gasteiger partial charge in [0.25, 0.3) is 5.91 Å². The fourth-order valence-electron chi connectivity index (χ4n) is 3.31. The van der Waals surface area contributed by atoms with E-state index in [1.807, 2.05) is 11.0 Å². The van der Waals surface area contributed by atoms with Gasteiger partial charge in [-0.05, 0) is 43.7 Å². The van der Waals surface area contributed by atoms with Gasteiger partial charge in [-0.25, -0.2) is 4.98 Å². The predicted molar refractivity (Wildman–Crippen MR) is 78.3 cm³/mol. The number of aryl methyl sites for hydroxylation is 2. The minimum Gasteiger partial charge on any atom is -0.393 e. The summed E-state index contributed by atoms with van der Waals surface area (Å²) in [5.41, 5.74) is 6.90. The summed E-state index contributed by atoms with van der Waals surface area (Å²) in [6.45, 7) is 0.685. The molecule has 0 unspecified atom stereocenters. The minimum atomic E-state index is -1.13. The molecule has 0 bridgehead atoms. The fourth-order valence-corrected chi connectivity index (χ4v) is 3.31. The molecule has 21 heavy (non-hydrogen) atoms. The maximum atomic E-state index is 11.7. The van der Waals surface area contributed by atoms with E-state index in [1.54, 1.807) is 0 Å². The number of piperidine rings is 1. The van der Waals surface area contributed by atoms with Crippen LogP contribution in [0.1, 0.15) is 40.9 Å². The molecule has 4 N–H and O–H groups in total. The van der Waals surface area contributed by atoms with Crippen LogP contribution in [-0.4, -0.2) is 46.4 Å². The zero-order valence-electron chi connectivity index (χ0n) is 12.0. The molecule has 2 aliphatic rings. The smallest absolute Gasteiger partial charge is 0.252 e. The molecule has 6 heteroatoms. The van der Waals surface area contributed by atoms with Crippen molar-refractivity contribution in [3.63, 3.8) is 0 Å². The van der Waals surface area contributed by atoms with Gasteiger partial charge < -0.3 is 20.8 Å². The first-order chi connectivity index (χ1) is 10.0. The van der Waals surface area contributed by atoms with E-state index in [9.17, 15) is 15.0 Å². The number of amides is 1. The molecule has 1 fully saturated rings. The number of nitrogens with two attached hydrogens (primary N) is 1. The Morgan fingerprint density at radius 1 is 1.43 bits per heavy atom. The van der Waals surface area contributed by atoms with E-state index < -0.39 is 11.5 Å². The van der Waals surface area contributed by atoms with Gasteiger partial charge in [-0.3, -0.25) is 4.79 Å². The third-order valence-electron chi connectivity index (χ3n) is 4.45. The highest BCUT2D eigenvalue weighted by atomic mass is 16.3. The van der Waals surface area contributed by atoms with E-state index in [0.29, 0.717) is 24.3 Å². The van der Waals surface area contributed by atoms with E-state index in [2.05, 4.69) is 4.98 Å². The molecule has 1 aromatic rings. The van der Waals surface area contributed by atoms with Crippen LogP contribution in [0.25, 0.3) is 0 Å². The molecular weight excluding hydrogens is 270 g/mol. The van der Waals surface area contributed by atoms with Gasteiger partial charge in [0, 0.05) is 12.2 Å². The summed E-state index contributed by atoms with van der Waals surface area (Å²) in [6.07, 6.45) is 4.19. The zero-order chi connectivity index (χ0) is 15.0. The molecule has 1 aliphatic carbocycles. The molecule has 3 rings (SSSR count). The molecule has 1 atom stereocenters. The van der Waals surface area contributed by atoms with Gasteiger partial charge in [0.05, 0.1) is 18.7 Å². The number of fused-ring (bicyclic) bond motifs is 1. The van der Waals surface area contributed by atoms with Crippen molar-refractivity contribution in [3.8, 4) is 0 Å². The van der Waals surface area contributed by atoms with Crippen molar-refractivity contribution in [2.75, 3.05) is 24.6 Å². The Balaban J connectivity index is 1.99. The Kier molecular flexibility index (Phi) is 3.59. The van der Waals surface area contributed by atoms with Crippen molar-refractivity contribution in [2.24, 2.45) is 5.73 Å². The van der Waals surface area contributed by atoms with Crippen LogP contribution in [-0.2, 0) is 12.8 Å². The fraction of sp³-hybridized carbons (Fsp3) is 0.600. The third-order valence-corrected chi connectivity index (χ3v) is 4.45. The monoisotopic (exact) mass is 291 g/mol. The summed E-state index contributed by atoms with van der Waals surface area (Å²) in [4.78, 5) is 18.2. The van der Waals surface area contributed by atoms with Crippen molar-refractivity contribution in [3.05, 3.63) is 22.9 Å². The molecule has 0 radical (unpaired) electrons. The van der Waals surface area contributed by atoms with E-state index in [0.717, 1.165) is 36.9 Å². The topological polar surface area (TPSA) is 99.7 Å². The van der Waals surface area contributed by atoms with Crippen molar-refractivity contribution < 1.29 is 15.0 Å². The lowest BCUT2D eigenvalue weighted by Gasteiger charge is -2.39. The number of anilines is 1. The van der Waals surface area contributed by atoms with Crippen molar-refractivity contribution in [2.45, 2.75) is 37.7 Å². The number of rotatable bonds is 3. The van der Waals surface area contributed by atoms with Crippen LogP contribution in [0.4, 0.5) is 5.82 Å². The van der Waals surface area contributed by atoms with E-state index in [1.165, 1.54) is 0 Å². The number of pyridine rings is 1. The van der Waals surface area contributed by atoms with Crippen LogP contribution in [0.15, 0.2) is 6.07 Å². The lowest BCUT2D eigenvalue weighted by Crippen LogP contribution is -2.51. The summed E-state index contributed by atoms with van der Waals surface area (Å²) in [7, 11) is 0. The standard InChI is InChI=1S/C15H21N3O3/c16-13(20)11-7-10-3-1-4-12(10)17-14(11)18-6-2-5-15(21,8-18)9-19/h7,19,21H,1-6,8-9H2,(H2,16,20)/t15-/m0/s1. The average Bonchev–Trinajstić information content (AvgIpc) is 2.93. The first-order valence-electron chi connectivity index (χ1n) is 7.43. The van der Waals surface area contributed by atoms with E-state index in [4.69, 9.17) is 5.73 Å². The number of hydrogen-bond donors (Lipinski definition) is 3. The zero-order valence-corrected chi connectivity index (χ0v) is 12.0. The third kappa shape index (κ3) is 2.61. The van der Waals surface area contributed by atoms with E-state index in [-0.39, 0.29) is 13.2 Å². The summed E-state index contributed by atoms with van der Waals surface area (Å²) in [5.74, 6) is 0.0556. The normalized spacial score (nSPS) is 25.0. The number of primary amides is 1. The molecule has 0 saturated carbocycles. The molecule has 0 aromatic carbocycles. The van der Waals surface area contributed by atoms with Crippen LogP contribution >= 0.6 is 0 Å². The molecule has 1 saturated heterocycles. The Bertz CT molecular complexity index is 576. The second-order valence-electron chi connectivity index (χ2n) is 6.09. The summed E-state index contributed by atoms with van der Waals surface area (Å²) in [6, 6.07) is 1.85. The van der Waals surface area contributed by atoms with Gasteiger partial charge in [-0.15, -0.1) is 0 Å². The number of aromatic nitrogens is 1. The Morgan fingerprint density at radius 2 is 2.24 bits per heavy atom. The number of carbonyl (C=O) groups is 1. The van der Waals surface area contributed by atoms with Gasteiger partial charge in [0.15, 0.2) is 0 Å². The van der Waals surface area contributed by atoms with E-state index >= 15 is 0 Å². The van der Waals surface area contributed by atoms with Crippen LogP contribution in [0.3, 0.4) is 0 Å². The highest BCUT2D eigenvalue weighted by molar-refractivity contribution is 5.98. The molecule has 114 valence electrons. The van der Waals surface area contributed by atoms with Crippen LogP contribution in [0, 0.1) is 0 Å². The Labute approximate surface area is 123 Å². The average molecular weight is 291 g/mol. The molecular formula is C15H21N3O3. The maximum absolute atomic E-state index is 11.7. The number of aliphatic hydroxyl groups excluding tert-OH is 1. The van der Waals surface area contributed by atoms with Crippen molar-refractivity contribution >= 4 is 11.7 Å². The highest BCUT2D eigenvalue weighted by Gasteiger charge is 2.35. The number of nitrogens with zero attached hydrogens (tertiary/aromatic N) is 2. The van der Waals surface area contributed by atoms with Gasteiger partial charge in [-0.2, -0.15) is 0 Å². The predicted octanol–water partition coefficient (Wildman–Crippen LogP) is -0.00720. The largest absolute Gasteiger partial charge is 0.393 e. The summed E-state index contributed by atoms with van der Waals surface area (Å²) < 4.78 is 0. The van der Waals surface area contributed by atoms with Crippen LogP contribution in [0.2, 0.25) is 0 Å². The number of aliphatic hydroxyl groups is 2. The van der Waals surface area contributed by atoms with Gasteiger partial charge >= 0.3 is 0 Å². The van der Waals surface area contributed by atoms with Gasteiger partial charge in [0.1, 0.15) is 11.4 Å². The summed E-state index contributed by atoms with van der Waals surface area (Å²) in [5, 5.41) is 19.7.